The molecule has 0 N–H and O–H groups in total. The summed E-state index contributed by atoms with van der Waals surface area (Å²) in [6.07, 6.45) is 2.71. The summed E-state index contributed by atoms with van der Waals surface area (Å²) in [4.78, 5) is -0.228. The summed E-state index contributed by atoms with van der Waals surface area (Å²) in [5.41, 5.74) is 0. The fourth-order valence-corrected chi connectivity index (χ4v) is 4.70. The second kappa shape index (κ2) is 6.75. The average Bonchev–Trinajstić information content (AvgIpc) is 2.64. The summed E-state index contributed by atoms with van der Waals surface area (Å²) in [7, 11) is -3.74. The zero-order chi connectivity index (χ0) is 15.6. The Kier molecular flexibility index (Phi) is 5.43. The molecule has 1 aromatic carbocycles. The van der Waals surface area contributed by atoms with Gasteiger partial charge in [0.15, 0.2) is 0 Å². The molecule has 1 unspecified atom stereocenters. The van der Waals surface area contributed by atoms with Crippen molar-refractivity contribution in [1.82, 2.24) is 4.31 Å². The predicted octanol–water partition coefficient (Wildman–Crippen LogP) is 4.04. The van der Waals surface area contributed by atoms with Gasteiger partial charge in [0.25, 0.3) is 0 Å². The van der Waals surface area contributed by atoms with Gasteiger partial charge in [-0.15, -0.1) is 0 Å². The van der Waals surface area contributed by atoms with Crippen molar-refractivity contribution in [2.24, 2.45) is 11.8 Å². The van der Waals surface area contributed by atoms with Crippen LogP contribution in [0.25, 0.3) is 0 Å². The lowest BCUT2D eigenvalue weighted by atomic mass is 9.89. The molecule has 1 heterocycles. The van der Waals surface area contributed by atoms with E-state index in [9.17, 15) is 12.8 Å². The zero-order valence-corrected chi connectivity index (χ0v) is 14.8. The second-order valence-electron chi connectivity index (χ2n) is 5.91. The third kappa shape index (κ3) is 3.85. The van der Waals surface area contributed by atoms with Crippen LogP contribution in [0.2, 0.25) is 0 Å². The molecule has 3 nitrogen and oxygen atoms in total. The summed E-state index contributed by atoms with van der Waals surface area (Å²) in [6, 6.07) is 4.09. The Morgan fingerprint density at radius 2 is 2.00 bits per heavy atom. The topological polar surface area (TPSA) is 37.4 Å². The number of hydrogen-bond acceptors (Lipinski definition) is 2. The van der Waals surface area contributed by atoms with Gasteiger partial charge < -0.3 is 0 Å². The molecule has 0 bridgehead atoms. The van der Waals surface area contributed by atoms with E-state index >= 15 is 0 Å². The molecule has 0 spiro atoms. The van der Waals surface area contributed by atoms with Crippen LogP contribution in [0.4, 0.5) is 4.39 Å². The van der Waals surface area contributed by atoms with Crippen LogP contribution in [0.5, 0.6) is 0 Å². The minimum atomic E-state index is -3.74. The Morgan fingerprint density at radius 1 is 1.29 bits per heavy atom. The predicted molar refractivity (Wildman–Crippen MR) is 85.0 cm³/mol. The highest BCUT2D eigenvalue weighted by Crippen LogP contribution is 2.29. The van der Waals surface area contributed by atoms with Gasteiger partial charge in [-0.25, -0.2) is 12.8 Å². The number of sulfonamides is 1. The van der Waals surface area contributed by atoms with Crippen molar-refractivity contribution >= 4 is 26.0 Å². The Bertz CT molecular complexity index is 604. The standard InChI is InChI=1S/C15H21BrFNO2S/c1-11(2)12-4-3-8-18(9-7-12)21(19,20)15-6-5-13(16)10-14(15)17/h5-6,10-12H,3-4,7-9H2,1-2H3. The maximum absolute atomic E-state index is 14.0. The van der Waals surface area contributed by atoms with Crippen LogP contribution in [-0.4, -0.2) is 25.8 Å². The van der Waals surface area contributed by atoms with Gasteiger partial charge in [0.2, 0.25) is 10.0 Å². The molecule has 0 aliphatic carbocycles. The van der Waals surface area contributed by atoms with Gasteiger partial charge in [-0.2, -0.15) is 4.31 Å². The van der Waals surface area contributed by atoms with E-state index in [1.807, 2.05) is 0 Å². The molecule has 1 aliphatic heterocycles. The largest absolute Gasteiger partial charge is 0.245 e. The number of halogens is 2. The molecule has 0 amide bonds. The monoisotopic (exact) mass is 377 g/mol. The van der Waals surface area contributed by atoms with E-state index in [1.54, 1.807) is 6.07 Å². The Balaban J connectivity index is 2.23. The third-order valence-electron chi connectivity index (χ3n) is 4.19. The van der Waals surface area contributed by atoms with Crippen LogP contribution in [0.15, 0.2) is 27.6 Å². The lowest BCUT2D eigenvalue weighted by Gasteiger charge is -2.21. The van der Waals surface area contributed by atoms with Gasteiger partial charge in [-0.1, -0.05) is 29.8 Å². The fourth-order valence-electron chi connectivity index (χ4n) is 2.83. The van der Waals surface area contributed by atoms with Crippen molar-refractivity contribution in [2.45, 2.75) is 38.0 Å². The number of nitrogens with zero attached hydrogens (tertiary/aromatic N) is 1. The SMILES string of the molecule is CC(C)C1CCCN(S(=O)(=O)c2ccc(Br)cc2F)CC1. The van der Waals surface area contributed by atoms with E-state index in [4.69, 9.17) is 0 Å². The van der Waals surface area contributed by atoms with Crippen LogP contribution in [0.1, 0.15) is 33.1 Å². The van der Waals surface area contributed by atoms with Crippen molar-refractivity contribution in [2.75, 3.05) is 13.1 Å². The van der Waals surface area contributed by atoms with Gasteiger partial charge >= 0.3 is 0 Å². The van der Waals surface area contributed by atoms with Crippen LogP contribution in [0, 0.1) is 17.7 Å². The average molecular weight is 378 g/mol. The third-order valence-corrected chi connectivity index (χ3v) is 6.61. The lowest BCUT2D eigenvalue weighted by molar-refractivity contribution is 0.340. The van der Waals surface area contributed by atoms with E-state index in [1.165, 1.54) is 16.4 Å². The first-order valence-electron chi connectivity index (χ1n) is 7.27. The summed E-state index contributed by atoms with van der Waals surface area (Å²) in [5, 5.41) is 0. The molecule has 21 heavy (non-hydrogen) atoms. The molecule has 1 aliphatic rings. The first kappa shape index (κ1) is 16.9. The smallest absolute Gasteiger partial charge is 0.207 e. The first-order valence-corrected chi connectivity index (χ1v) is 9.51. The van der Waals surface area contributed by atoms with E-state index in [2.05, 4.69) is 29.8 Å². The van der Waals surface area contributed by atoms with Crippen LogP contribution >= 0.6 is 15.9 Å². The summed E-state index contributed by atoms with van der Waals surface area (Å²) < 4.78 is 41.2. The lowest BCUT2D eigenvalue weighted by Crippen LogP contribution is -2.32. The Hall–Kier alpha value is -0.460. The van der Waals surface area contributed by atoms with Crippen molar-refractivity contribution in [3.8, 4) is 0 Å². The molecule has 1 saturated heterocycles. The van der Waals surface area contributed by atoms with Crippen LogP contribution in [-0.2, 0) is 10.0 Å². The molecule has 118 valence electrons. The molecule has 6 heteroatoms. The highest BCUT2D eigenvalue weighted by molar-refractivity contribution is 9.10. The van der Waals surface area contributed by atoms with Gasteiger partial charge in [-0.05, 0) is 49.3 Å². The first-order chi connectivity index (χ1) is 9.82. The highest BCUT2D eigenvalue weighted by atomic mass is 79.9. The van der Waals surface area contributed by atoms with E-state index in [0.717, 1.165) is 19.3 Å². The van der Waals surface area contributed by atoms with Crippen LogP contribution < -0.4 is 0 Å². The number of hydrogen-bond donors (Lipinski definition) is 0. The minimum absolute atomic E-state index is 0.228. The Morgan fingerprint density at radius 3 is 2.62 bits per heavy atom. The molecule has 2 rings (SSSR count). The molecule has 0 radical (unpaired) electrons. The fraction of sp³-hybridized carbons (Fsp3) is 0.600. The number of rotatable bonds is 3. The molecular formula is C15H21BrFNO2S. The van der Waals surface area contributed by atoms with Gasteiger partial charge in [-0.3, -0.25) is 0 Å². The van der Waals surface area contributed by atoms with Gasteiger partial charge in [0.05, 0.1) is 0 Å². The molecule has 0 aromatic heterocycles. The van der Waals surface area contributed by atoms with Crippen LogP contribution in [0.3, 0.4) is 0 Å². The summed E-state index contributed by atoms with van der Waals surface area (Å²) in [6.45, 7) is 5.29. The molecule has 1 atom stereocenters. The summed E-state index contributed by atoms with van der Waals surface area (Å²) >= 11 is 3.15. The molecule has 1 aromatic rings. The quantitative estimate of drug-likeness (QED) is 0.796. The van der Waals surface area contributed by atoms with E-state index in [-0.39, 0.29) is 4.90 Å². The van der Waals surface area contributed by atoms with Gasteiger partial charge in [0.1, 0.15) is 10.7 Å². The van der Waals surface area contributed by atoms with Crippen molar-refractivity contribution < 1.29 is 12.8 Å². The zero-order valence-electron chi connectivity index (χ0n) is 12.4. The summed E-state index contributed by atoms with van der Waals surface area (Å²) in [5.74, 6) is 0.395. The normalized spacial score (nSPS) is 21.5. The minimum Gasteiger partial charge on any atom is -0.207 e. The maximum Gasteiger partial charge on any atom is 0.245 e. The van der Waals surface area contributed by atoms with E-state index in [0.29, 0.717) is 29.4 Å². The number of benzene rings is 1. The van der Waals surface area contributed by atoms with Gasteiger partial charge in [0, 0.05) is 17.6 Å². The highest BCUT2D eigenvalue weighted by Gasteiger charge is 2.30. The molecule has 0 saturated carbocycles. The molecular weight excluding hydrogens is 357 g/mol. The van der Waals surface area contributed by atoms with E-state index < -0.39 is 15.8 Å². The van der Waals surface area contributed by atoms with Crippen molar-refractivity contribution in [3.63, 3.8) is 0 Å². The van der Waals surface area contributed by atoms with Crippen molar-refractivity contribution in [3.05, 3.63) is 28.5 Å². The second-order valence-corrected chi connectivity index (χ2v) is 8.74. The molecule has 1 fully saturated rings. The van der Waals surface area contributed by atoms with Crippen molar-refractivity contribution in [1.29, 1.82) is 0 Å². The maximum atomic E-state index is 14.0. The Labute approximate surface area is 134 Å².